The number of aliphatic imine (C=N–C) groups is 1. The zero-order chi connectivity index (χ0) is 19.1. The van der Waals surface area contributed by atoms with Crippen LogP contribution >= 0.6 is 11.3 Å². The Balaban J connectivity index is 1.62. The molecule has 27 heavy (non-hydrogen) atoms. The minimum atomic E-state index is 0.303. The van der Waals surface area contributed by atoms with Gasteiger partial charge in [-0.1, -0.05) is 29.8 Å². The molecule has 2 heterocycles. The lowest BCUT2D eigenvalue weighted by Crippen LogP contribution is -2.46. The van der Waals surface area contributed by atoms with Crippen molar-refractivity contribution in [3.63, 3.8) is 0 Å². The normalized spacial score (nSPS) is 16.9. The fourth-order valence-electron chi connectivity index (χ4n) is 3.30. The Labute approximate surface area is 166 Å². The van der Waals surface area contributed by atoms with Gasteiger partial charge in [-0.05, 0) is 31.5 Å². The van der Waals surface area contributed by atoms with E-state index in [0.717, 1.165) is 45.4 Å². The molecule has 0 amide bonds. The number of rotatable bonds is 6. The van der Waals surface area contributed by atoms with Crippen molar-refractivity contribution < 1.29 is 4.74 Å². The number of hydrogen-bond acceptors (Lipinski definition) is 4. The minimum absolute atomic E-state index is 0.303. The molecule has 1 aliphatic heterocycles. The van der Waals surface area contributed by atoms with Crippen molar-refractivity contribution in [3.05, 3.63) is 57.3 Å². The summed E-state index contributed by atoms with van der Waals surface area (Å²) in [7, 11) is 1.82. The molecular weight excluding hydrogens is 356 g/mol. The molecule has 0 spiro atoms. The third-order valence-electron chi connectivity index (χ3n) is 4.86. The molecule has 1 aliphatic rings. The number of benzene rings is 1. The van der Waals surface area contributed by atoms with Crippen LogP contribution in [0.3, 0.4) is 0 Å². The Morgan fingerprint density at radius 3 is 2.48 bits per heavy atom. The fourth-order valence-corrected chi connectivity index (χ4v) is 4.13. The van der Waals surface area contributed by atoms with Gasteiger partial charge in [0.05, 0.1) is 25.8 Å². The maximum atomic E-state index is 5.54. The molecule has 1 atom stereocenters. The lowest BCUT2D eigenvalue weighted by Gasteiger charge is -2.35. The van der Waals surface area contributed by atoms with Gasteiger partial charge in [0.15, 0.2) is 5.96 Å². The molecule has 1 fully saturated rings. The second-order valence-electron chi connectivity index (χ2n) is 6.89. The number of thiophene rings is 1. The van der Waals surface area contributed by atoms with Crippen LogP contribution in [-0.4, -0.2) is 50.8 Å². The molecule has 3 rings (SSSR count). The Morgan fingerprint density at radius 2 is 1.85 bits per heavy atom. The van der Waals surface area contributed by atoms with Crippen molar-refractivity contribution in [2.45, 2.75) is 26.4 Å². The highest BCUT2D eigenvalue weighted by atomic mass is 32.1. The van der Waals surface area contributed by atoms with Gasteiger partial charge in [0.2, 0.25) is 0 Å². The SMILES string of the molecule is CN=C(NCc1ccc(C)s1)NCC(c1ccc(C)cc1)N1CCOCC1. The first-order valence-electron chi connectivity index (χ1n) is 9.54. The molecule has 146 valence electrons. The quantitative estimate of drug-likeness (QED) is 0.592. The molecule has 5 nitrogen and oxygen atoms in total. The van der Waals surface area contributed by atoms with Crippen LogP contribution < -0.4 is 10.6 Å². The van der Waals surface area contributed by atoms with E-state index in [1.54, 1.807) is 0 Å². The van der Waals surface area contributed by atoms with E-state index < -0.39 is 0 Å². The summed E-state index contributed by atoms with van der Waals surface area (Å²) in [5.74, 6) is 0.839. The molecule has 1 saturated heterocycles. The molecule has 0 bridgehead atoms. The number of hydrogen-bond donors (Lipinski definition) is 2. The van der Waals surface area contributed by atoms with E-state index in [-0.39, 0.29) is 0 Å². The molecule has 1 unspecified atom stereocenters. The zero-order valence-electron chi connectivity index (χ0n) is 16.5. The van der Waals surface area contributed by atoms with Crippen LogP contribution in [0.2, 0.25) is 0 Å². The summed E-state index contributed by atoms with van der Waals surface area (Å²) in [4.78, 5) is 9.54. The first-order chi connectivity index (χ1) is 13.2. The second-order valence-corrected chi connectivity index (χ2v) is 8.27. The van der Waals surface area contributed by atoms with Crippen LogP contribution in [0.25, 0.3) is 0 Å². The zero-order valence-corrected chi connectivity index (χ0v) is 17.3. The molecule has 0 radical (unpaired) electrons. The fraction of sp³-hybridized carbons (Fsp3) is 0.476. The third kappa shape index (κ3) is 5.79. The Kier molecular flexibility index (Phi) is 7.26. The first-order valence-corrected chi connectivity index (χ1v) is 10.4. The highest BCUT2D eigenvalue weighted by Crippen LogP contribution is 2.22. The maximum absolute atomic E-state index is 5.54. The maximum Gasteiger partial charge on any atom is 0.191 e. The second kappa shape index (κ2) is 9.88. The lowest BCUT2D eigenvalue weighted by atomic mass is 10.0. The predicted molar refractivity (Wildman–Crippen MR) is 114 cm³/mol. The summed E-state index contributed by atoms with van der Waals surface area (Å²) in [6.45, 7) is 9.39. The summed E-state index contributed by atoms with van der Waals surface area (Å²) in [6, 6.07) is 13.5. The molecule has 0 aliphatic carbocycles. The highest BCUT2D eigenvalue weighted by molar-refractivity contribution is 7.11. The van der Waals surface area contributed by atoms with Crippen molar-refractivity contribution in [2.75, 3.05) is 39.9 Å². The number of nitrogens with one attached hydrogen (secondary N) is 2. The topological polar surface area (TPSA) is 48.9 Å². The van der Waals surface area contributed by atoms with Gasteiger partial charge < -0.3 is 15.4 Å². The minimum Gasteiger partial charge on any atom is -0.379 e. The molecule has 2 N–H and O–H groups in total. The van der Waals surface area contributed by atoms with E-state index in [1.165, 1.54) is 20.9 Å². The van der Waals surface area contributed by atoms with Crippen molar-refractivity contribution in [1.82, 2.24) is 15.5 Å². The van der Waals surface area contributed by atoms with Crippen molar-refractivity contribution in [3.8, 4) is 0 Å². The van der Waals surface area contributed by atoms with Crippen LogP contribution in [-0.2, 0) is 11.3 Å². The van der Waals surface area contributed by atoms with Crippen LogP contribution in [0.5, 0.6) is 0 Å². The number of nitrogens with zero attached hydrogens (tertiary/aromatic N) is 2. The van der Waals surface area contributed by atoms with Gasteiger partial charge in [0, 0.05) is 36.4 Å². The lowest BCUT2D eigenvalue weighted by molar-refractivity contribution is 0.0170. The number of guanidine groups is 1. The third-order valence-corrected chi connectivity index (χ3v) is 5.86. The summed E-state index contributed by atoms with van der Waals surface area (Å²) >= 11 is 1.82. The highest BCUT2D eigenvalue weighted by Gasteiger charge is 2.22. The Bertz CT molecular complexity index is 735. The van der Waals surface area contributed by atoms with Crippen LogP contribution in [0.1, 0.15) is 26.9 Å². The summed E-state index contributed by atoms with van der Waals surface area (Å²) in [6.07, 6.45) is 0. The van der Waals surface area contributed by atoms with E-state index in [2.05, 4.69) is 70.8 Å². The van der Waals surface area contributed by atoms with Gasteiger partial charge in [-0.15, -0.1) is 11.3 Å². The van der Waals surface area contributed by atoms with Crippen LogP contribution in [0.15, 0.2) is 41.4 Å². The number of ether oxygens (including phenoxy) is 1. The average Bonchev–Trinajstić information content (AvgIpc) is 3.11. The van der Waals surface area contributed by atoms with Crippen LogP contribution in [0, 0.1) is 13.8 Å². The summed E-state index contributed by atoms with van der Waals surface area (Å²) in [5, 5.41) is 6.94. The van der Waals surface area contributed by atoms with Gasteiger partial charge in [-0.3, -0.25) is 9.89 Å². The molecular formula is C21H30N4OS. The van der Waals surface area contributed by atoms with Gasteiger partial charge >= 0.3 is 0 Å². The standard InChI is InChI=1S/C21H30N4OS/c1-16-4-7-18(8-5-16)20(25-10-12-26-13-11-25)15-24-21(22-3)23-14-19-9-6-17(2)27-19/h4-9,20H,10-15H2,1-3H3,(H2,22,23,24). The number of morpholine rings is 1. The summed E-state index contributed by atoms with van der Waals surface area (Å²) in [5.41, 5.74) is 2.62. The monoisotopic (exact) mass is 386 g/mol. The van der Waals surface area contributed by atoms with E-state index in [9.17, 15) is 0 Å². The Morgan fingerprint density at radius 1 is 1.11 bits per heavy atom. The van der Waals surface area contributed by atoms with E-state index >= 15 is 0 Å². The van der Waals surface area contributed by atoms with Crippen molar-refractivity contribution in [1.29, 1.82) is 0 Å². The van der Waals surface area contributed by atoms with Crippen LogP contribution in [0.4, 0.5) is 0 Å². The van der Waals surface area contributed by atoms with Gasteiger partial charge in [0.1, 0.15) is 0 Å². The van der Waals surface area contributed by atoms with Gasteiger partial charge in [0.25, 0.3) is 0 Å². The predicted octanol–water partition coefficient (Wildman–Crippen LogP) is 3.10. The largest absolute Gasteiger partial charge is 0.379 e. The molecule has 1 aromatic heterocycles. The van der Waals surface area contributed by atoms with Crippen molar-refractivity contribution >= 4 is 17.3 Å². The first kappa shape index (κ1) is 19.9. The van der Waals surface area contributed by atoms with E-state index in [1.807, 2.05) is 18.4 Å². The van der Waals surface area contributed by atoms with E-state index in [0.29, 0.717) is 6.04 Å². The molecule has 1 aromatic carbocycles. The smallest absolute Gasteiger partial charge is 0.191 e. The summed E-state index contributed by atoms with van der Waals surface area (Å²) < 4.78 is 5.54. The van der Waals surface area contributed by atoms with Crippen molar-refractivity contribution in [2.24, 2.45) is 4.99 Å². The molecule has 0 saturated carbocycles. The molecule has 2 aromatic rings. The molecule has 6 heteroatoms. The average molecular weight is 387 g/mol. The van der Waals surface area contributed by atoms with Gasteiger partial charge in [-0.2, -0.15) is 0 Å². The Hall–Kier alpha value is -1.89. The van der Waals surface area contributed by atoms with Gasteiger partial charge in [-0.25, -0.2) is 0 Å². The number of aryl methyl sites for hydroxylation is 2. The van der Waals surface area contributed by atoms with E-state index in [4.69, 9.17) is 4.74 Å².